The lowest BCUT2D eigenvalue weighted by Gasteiger charge is -2.32. The second-order valence-electron chi connectivity index (χ2n) is 7.36. The van der Waals surface area contributed by atoms with Gasteiger partial charge in [-0.05, 0) is 42.2 Å². The van der Waals surface area contributed by atoms with Crippen molar-refractivity contribution in [3.05, 3.63) is 69.3 Å². The smallest absolute Gasteiger partial charge is 0.316 e. The summed E-state index contributed by atoms with van der Waals surface area (Å²) < 4.78 is 4.92. The highest BCUT2D eigenvalue weighted by Crippen LogP contribution is 2.44. The standard InChI is InChI=1S/C22H20Cl2N2O3/c1-11-9-17-19(21(27)18(11)22(28)29-2)20(12-7-8-13(23)14(24)10-12)26-16-6-4-3-5-15(16)25-17/h3-8,10-11,18,20,25-26H,9H2,1-2H3/t11-,18-,20-/m0/s1. The molecule has 2 aliphatic rings. The molecule has 0 aromatic heterocycles. The van der Waals surface area contributed by atoms with E-state index in [-0.39, 0.29) is 11.7 Å². The summed E-state index contributed by atoms with van der Waals surface area (Å²) in [6, 6.07) is 12.6. The molecule has 2 aromatic carbocycles. The van der Waals surface area contributed by atoms with Crippen molar-refractivity contribution in [1.29, 1.82) is 0 Å². The van der Waals surface area contributed by atoms with E-state index in [1.807, 2.05) is 37.3 Å². The van der Waals surface area contributed by atoms with Crippen molar-refractivity contribution < 1.29 is 14.3 Å². The number of methoxy groups -OCH3 is 1. The lowest BCUT2D eigenvalue weighted by molar-refractivity contribution is -0.151. The van der Waals surface area contributed by atoms with Gasteiger partial charge in [0.05, 0.1) is 34.6 Å². The Morgan fingerprint density at radius 1 is 1.10 bits per heavy atom. The molecule has 0 bridgehead atoms. The van der Waals surface area contributed by atoms with Gasteiger partial charge in [-0.15, -0.1) is 0 Å². The van der Waals surface area contributed by atoms with Gasteiger partial charge in [-0.2, -0.15) is 0 Å². The molecular weight excluding hydrogens is 411 g/mol. The molecule has 5 nitrogen and oxygen atoms in total. The number of carbonyl (C=O) groups excluding carboxylic acids is 2. The molecule has 4 rings (SSSR count). The molecule has 2 aromatic rings. The fourth-order valence-electron chi connectivity index (χ4n) is 4.08. The first kappa shape index (κ1) is 19.8. The largest absolute Gasteiger partial charge is 0.468 e. The van der Waals surface area contributed by atoms with Crippen LogP contribution in [0.4, 0.5) is 11.4 Å². The topological polar surface area (TPSA) is 67.4 Å². The van der Waals surface area contributed by atoms with Crippen molar-refractivity contribution in [1.82, 2.24) is 0 Å². The number of rotatable bonds is 2. The summed E-state index contributed by atoms with van der Waals surface area (Å²) in [7, 11) is 1.31. The molecule has 1 aliphatic heterocycles. The zero-order valence-electron chi connectivity index (χ0n) is 16.0. The fraction of sp³-hybridized carbons (Fsp3) is 0.273. The number of ketones is 1. The third-order valence-electron chi connectivity index (χ3n) is 5.50. The predicted molar refractivity (Wildman–Crippen MR) is 114 cm³/mol. The first-order chi connectivity index (χ1) is 13.9. The van der Waals surface area contributed by atoms with Gasteiger partial charge >= 0.3 is 5.97 Å². The Morgan fingerprint density at radius 2 is 1.83 bits per heavy atom. The normalized spacial score (nSPS) is 23.3. The minimum absolute atomic E-state index is 0.180. The van der Waals surface area contributed by atoms with E-state index in [2.05, 4.69) is 10.6 Å². The maximum Gasteiger partial charge on any atom is 0.316 e. The molecule has 0 saturated carbocycles. The van der Waals surface area contributed by atoms with Crippen molar-refractivity contribution in [2.45, 2.75) is 19.4 Å². The molecule has 0 amide bonds. The Hall–Kier alpha value is -2.50. The minimum Gasteiger partial charge on any atom is -0.468 e. The minimum atomic E-state index is -0.839. The van der Waals surface area contributed by atoms with Gasteiger partial charge in [0.2, 0.25) is 0 Å². The van der Waals surface area contributed by atoms with Crippen LogP contribution in [0.2, 0.25) is 10.0 Å². The Kier molecular flexibility index (Phi) is 5.28. The van der Waals surface area contributed by atoms with Gasteiger partial charge in [0, 0.05) is 11.3 Å². The van der Waals surface area contributed by atoms with Crippen molar-refractivity contribution >= 4 is 46.3 Å². The summed E-state index contributed by atoms with van der Waals surface area (Å²) in [6.45, 7) is 1.89. The first-order valence-electron chi connectivity index (χ1n) is 9.33. The number of hydrogen-bond donors (Lipinski definition) is 2. The number of esters is 1. The average molecular weight is 431 g/mol. The highest BCUT2D eigenvalue weighted by Gasteiger charge is 2.44. The van der Waals surface area contributed by atoms with E-state index in [1.165, 1.54) is 7.11 Å². The second kappa shape index (κ2) is 7.73. The van der Waals surface area contributed by atoms with Gasteiger partial charge in [0.25, 0.3) is 0 Å². The number of anilines is 2. The number of Topliss-reactive ketones (excluding diaryl/α,β-unsaturated/α-hetero) is 1. The highest BCUT2D eigenvalue weighted by molar-refractivity contribution is 6.42. The lowest BCUT2D eigenvalue weighted by atomic mass is 9.75. The van der Waals surface area contributed by atoms with Gasteiger partial charge in [0.1, 0.15) is 5.92 Å². The number of ether oxygens (including phenoxy) is 1. The van der Waals surface area contributed by atoms with Crippen LogP contribution in [0.5, 0.6) is 0 Å². The van der Waals surface area contributed by atoms with Crippen molar-refractivity contribution in [2.75, 3.05) is 17.7 Å². The van der Waals surface area contributed by atoms with E-state index in [1.54, 1.807) is 12.1 Å². The summed E-state index contributed by atoms with van der Waals surface area (Å²) in [5.41, 5.74) is 3.84. The molecule has 1 aliphatic carbocycles. The van der Waals surface area contributed by atoms with Crippen LogP contribution >= 0.6 is 23.2 Å². The van der Waals surface area contributed by atoms with Gasteiger partial charge in [-0.3, -0.25) is 9.59 Å². The van der Waals surface area contributed by atoms with Gasteiger partial charge in [-0.25, -0.2) is 0 Å². The molecule has 150 valence electrons. The zero-order valence-corrected chi connectivity index (χ0v) is 17.5. The number of halogens is 2. The predicted octanol–water partition coefficient (Wildman–Crippen LogP) is 5.22. The molecule has 0 radical (unpaired) electrons. The van der Waals surface area contributed by atoms with E-state index in [0.717, 1.165) is 22.6 Å². The van der Waals surface area contributed by atoms with E-state index in [4.69, 9.17) is 27.9 Å². The Morgan fingerprint density at radius 3 is 2.52 bits per heavy atom. The molecule has 2 N–H and O–H groups in total. The van der Waals surface area contributed by atoms with E-state index < -0.39 is 17.9 Å². The van der Waals surface area contributed by atoms with Crippen LogP contribution in [0.3, 0.4) is 0 Å². The number of benzene rings is 2. The van der Waals surface area contributed by atoms with Crippen molar-refractivity contribution in [3.63, 3.8) is 0 Å². The Labute approximate surface area is 179 Å². The average Bonchev–Trinajstić information content (AvgIpc) is 2.86. The number of para-hydroxylation sites is 2. The molecule has 7 heteroatoms. The van der Waals surface area contributed by atoms with Crippen LogP contribution in [-0.4, -0.2) is 18.9 Å². The number of hydrogen-bond acceptors (Lipinski definition) is 5. The number of fused-ring (bicyclic) bond motifs is 1. The van der Waals surface area contributed by atoms with E-state index in [0.29, 0.717) is 22.0 Å². The zero-order chi connectivity index (χ0) is 20.7. The van der Waals surface area contributed by atoms with Crippen LogP contribution in [-0.2, 0) is 14.3 Å². The van der Waals surface area contributed by atoms with Crippen LogP contribution in [0.1, 0.15) is 24.9 Å². The number of allylic oxidation sites excluding steroid dienone is 1. The van der Waals surface area contributed by atoms with Crippen LogP contribution < -0.4 is 10.6 Å². The fourth-order valence-corrected chi connectivity index (χ4v) is 4.38. The summed E-state index contributed by atoms with van der Waals surface area (Å²) in [4.78, 5) is 25.9. The van der Waals surface area contributed by atoms with Crippen molar-refractivity contribution in [2.24, 2.45) is 11.8 Å². The van der Waals surface area contributed by atoms with Crippen LogP contribution in [0.15, 0.2) is 53.7 Å². The van der Waals surface area contributed by atoms with Gasteiger partial charge in [0.15, 0.2) is 5.78 Å². The summed E-state index contributed by atoms with van der Waals surface area (Å²) >= 11 is 12.4. The molecule has 0 unspecified atom stereocenters. The highest BCUT2D eigenvalue weighted by atomic mass is 35.5. The van der Waals surface area contributed by atoms with Crippen LogP contribution in [0.25, 0.3) is 0 Å². The molecule has 3 atom stereocenters. The second-order valence-corrected chi connectivity index (χ2v) is 8.17. The maximum atomic E-state index is 13.5. The van der Waals surface area contributed by atoms with Gasteiger partial charge < -0.3 is 15.4 Å². The molecule has 0 spiro atoms. The number of carbonyl (C=O) groups is 2. The Bertz CT molecular complexity index is 1030. The Balaban J connectivity index is 1.89. The monoisotopic (exact) mass is 430 g/mol. The maximum absolute atomic E-state index is 13.5. The third-order valence-corrected chi connectivity index (χ3v) is 6.24. The molecule has 0 saturated heterocycles. The van der Waals surface area contributed by atoms with E-state index >= 15 is 0 Å². The summed E-state index contributed by atoms with van der Waals surface area (Å²) in [6.07, 6.45) is 0.550. The first-order valence-corrected chi connectivity index (χ1v) is 10.1. The molecule has 0 fully saturated rings. The SMILES string of the molecule is COC(=O)[C@@H]1C(=O)C2=C(C[C@@H]1C)Nc1ccccc1N[C@H]2c1ccc(Cl)c(Cl)c1. The van der Waals surface area contributed by atoms with Crippen molar-refractivity contribution in [3.8, 4) is 0 Å². The summed E-state index contributed by atoms with van der Waals surface area (Å²) in [5.74, 6) is -1.77. The van der Waals surface area contributed by atoms with Gasteiger partial charge in [-0.1, -0.05) is 48.3 Å². The quantitative estimate of drug-likeness (QED) is 0.504. The van der Waals surface area contributed by atoms with Crippen LogP contribution in [0, 0.1) is 11.8 Å². The summed E-state index contributed by atoms with van der Waals surface area (Å²) in [5, 5.41) is 7.70. The third kappa shape index (κ3) is 3.49. The molecule has 29 heavy (non-hydrogen) atoms. The van der Waals surface area contributed by atoms with E-state index in [9.17, 15) is 9.59 Å². The number of nitrogens with one attached hydrogen (secondary N) is 2. The molecular formula is C22H20Cl2N2O3. The lowest BCUT2D eigenvalue weighted by Crippen LogP contribution is -2.39. The molecule has 1 heterocycles.